The molecule has 0 atom stereocenters. The summed E-state index contributed by atoms with van der Waals surface area (Å²) in [7, 11) is 1.33. The highest BCUT2D eigenvalue weighted by Crippen LogP contribution is 2.16. The molecular formula is C15H24N4O2. The molecule has 1 saturated carbocycles. The fraction of sp³-hybridized carbons (Fsp3) is 0.667. The Morgan fingerprint density at radius 3 is 2.71 bits per heavy atom. The number of aromatic nitrogens is 2. The molecule has 1 aliphatic rings. The van der Waals surface area contributed by atoms with E-state index in [0.717, 1.165) is 13.1 Å². The van der Waals surface area contributed by atoms with Gasteiger partial charge < -0.3 is 15.4 Å². The fourth-order valence-electron chi connectivity index (χ4n) is 2.60. The third-order valence-electron chi connectivity index (χ3n) is 3.75. The Morgan fingerprint density at radius 2 is 2.00 bits per heavy atom. The van der Waals surface area contributed by atoms with Crippen LogP contribution < -0.4 is 10.6 Å². The Morgan fingerprint density at radius 1 is 1.24 bits per heavy atom. The molecule has 0 radical (unpaired) electrons. The lowest BCUT2D eigenvalue weighted by Gasteiger charge is -2.16. The van der Waals surface area contributed by atoms with Gasteiger partial charge in [-0.1, -0.05) is 25.7 Å². The highest BCUT2D eigenvalue weighted by atomic mass is 16.5. The van der Waals surface area contributed by atoms with E-state index >= 15 is 0 Å². The summed E-state index contributed by atoms with van der Waals surface area (Å²) in [6.45, 7) is 1.64. The zero-order chi connectivity index (χ0) is 14.9. The van der Waals surface area contributed by atoms with E-state index in [4.69, 9.17) is 0 Å². The smallest absolute Gasteiger partial charge is 0.358 e. The zero-order valence-electron chi connectivity index (χ0n) is 12.6. The lowest BCUT2D eigenvalue weighted by atomic mass is 10.1. The van der Waals surface area contributed by atoms with Gasteiger partial charge in [0.1, 0.15) is 5.82 Å². The van der Waals surface area contributed by atoms with Crippen molar-refractivity contribution < 1.29 is 9.53 Å². The Balaban J connectivity index is 1.71. The van der Waals surface area contributed by atoms with Gasteiger partial charge in [-0.15, -0.1) is 0 Å². The summed E-state index contributed by atoms with van der Waals surface area (Å²) in [5, 5.41) is 6.75. The van der Waals surface area contributed by atoms with Gasteiger partial charge in [0.15, 0.2) is 5.69 Å². The average Bonchev–Trinajstić information content (AvgIpc) is 2.80. The van der Waals surface area contributed by atoms with E-state index in [9.17, 15) is 4.79 Å². The molecule has 0 bridgehead atoms. The Labute approximate surface area is 125 Å². The van der Waals surface area contributed by atoms with Crippen LogP contribution in [-0.4, -0.2) is 42.2 Å². The van der Waals surface area contributed by atoms with Crippen molar-refractivity contribution in [2.75, 3.05) is 25.5 Å². The Kier molecular flexibility index (Phi) is 6.40. The molecule has 1 heterocycles. The van der Waals surface area contributed by atoms with Crippen molar-refractivity contribution >= 4 is 11.8 Å². The normalized spacial score (nSPS) is 16.2. The van der Waals surface area contributed by atoms with Crippen LogP contribution in [0.15, 0.2) is 12.4 Å². The first-order valence-electron chi connectivity index (χ1n) is 7.67. The van der Waals surface area contributed by atoms with E-state index < -0.39 is 5.97 Å². The van der Waals surface area contributed by atoms with Crippen LogP contribution in [0, 0.1) is 0 Å². The Bertz CT molecular complexity index is 445. The van der Waals surface area contributed by atoms with E-state index in [0.29, 0.717) is 11.9 Å². The standard InChI is InChI=1S/C15H24N4O2/c1-21-15(20)13-10-16-11-14(19-13)18-9-8-17-12-6-4-2-3-5-7-12/h10-12,17H,2-9H2,1H3,(H,18,19). The van der Waals surface area contributed by atoms with E-state index in [1.165, 1.54) is 51.8 Å². The summed E-state index contributed by atoms with van der Waals surface area (Å²) in [5.41, 5.74) is 0.222. The second-order valence-corrected chi connectivity index (χ2v) is 5.35. The summed E-state index contributed by atoms with van der Waals surface area (Å²) in [6.07, 6.45) is 11.0. The van der Waals surface area contributed by atoms with Crippen molar-refractivity contribution in [3.05, 3.63) is 18.1 Å². The molecule has 6 nitrogen and oxygen atoms in total. The number of rotatable bonds is 6. The molecule has 0 saturated heterocycles. The fourth-order valence-corrected chi connectivity index (χ4v) is 2.60. The number of ether oxygens (including phenoxy) is 1. The third kappa shape index (κ3) is 5.30. The van der Waals surface area contributed by atoms with E-state index in [1.54, 1.807) is 6.20 Å². The van der Waals surface area contributed by atoms with Gasteiger partial charge in [-0.05, 0) is 12.8 Å². The highest BCUT2D eigenvalue weighted by Gasteiger charge is 2.11. The van der Waals surface area contributed by atoms with Gasteiger partial charge in [0.25, 0.3) is 0 Å². The van der Waals surface area contributed by atoms with Crippen LogP contribution in [0.1, 0.15) is 49.0 Å². The van der Waals surface area contributed by atoms with Crippen molar-refractivity contribution in [2.24, 2.45) is 0 Å². The third-order valence-corrected chi connectivity index (χ3v) is 3.75. The van der Waals surface area contributed by atoms with Gasteiger partial charge in [-0.25, -0.2) is 9.78 Å². The largest absolute Gasteiger partial charge is 0.464 e. The first-order chi connectivity index (χ1) is 10.3. The molecule has 6 heteroatoms. The van der Waals surface area contributed by atoms with Crippen molar-refractivity contribution in [1.82, 2.24) is 15.3 Å². The topological polar surface area (TPSA) is 76.1 Å². The molecule has 21 heavy (non-hydrogen) atoms. The number of hydrogen-bond acceptors (Lipinski definition) is 6. The molecular weight excluding hydrogens is 268 g/mol. The number of esters is 1. The lowest BCUT2D eigenvalue weighted by molar-refractivity contribution is 0.0593. The van der Waals surface area contributed by atoms with Gasteiger partial charge in [-0.2, -0.15) is 0 Å². The van der Waals surface area contributed by atoms with Crippen LogP contribution in [0.2, 0.25) is 0 Å². The van der Waals surface area contributed by atoms with Gasteiger partial charge >= 0.3 is 5.97 Å². The summed E-state index contributed by atoms with van der Waals surface area (Å²) < 4.78 is 4.63. The number of nitrogens with one attached hydrogen (secondary N) is 2. The Hall–Kier alpha value is -1.69. The molecule has 0 amide bonds. The van der Waals surface area contributed by atoms with Crippen molar-refractivity contribution in [2.45, 2.75) is 44.6 Å². The second kappa shape index (κ2) is 8.56. The van der Waals surface area contributed by atoms with E-state index in [2.05, 4.69) is 25.3 Å². The number of anilines is 1. The molecule has 2 rings (SSSR count). The van der Waals surface area contributed by atoms with Crippen LogP contribution in [0.4, 0.5) is 5.82 Å². The second-order valence-electron chi connectivity index (χ2n) is 5.35. The zero-order valence-corrected chi connectivity index (χ0v) is 12.6. The molecule has 116 valence electrons. The molecule has 1 aromatic heterocycles. The number of carbonyl (C=O) groups excluding carboxylic acids is 1. The minimum atomic E-state index is -0.470. The molecule has 0 aliphatic heterocycles. The van der Waals surface area contributed by atoms with Crippen molar-refractivity contribution in [1.29, 1.82) is 0 Å². The maximum absolute atomic E-state index is 11.4. The monoisotopic (exact) mass is 292 g/mol. The summed E-state index contributed by atoms with van der Waals surface area (Å²) in [4.78, 5) is 19.5. The summed E-state index contributed by atoms with van der Waals surface area (Å²) in [6, 6.07) is 0.641. The first kappa shape index (κ1) is 15.7. The summed E-state index contributed by atoms with van der Waals surface area (Å²) in [5.74, 6) is 0.128. The predicted octanol–water partition coefficient (Wildman–Crippen LogP) is 1.99. The molecule has 1 aliphatic carbocycles. The molecule has 2 N–H and O–H groups in total. The van der Waals surface area contributed by atoms with Gasteiger partial charge in [-0.3, -0.25) is 4.98 Å². The first-order valence-corrected chi connectivity index (χ1v) is 7.67. The molecule has 1 aromatic rings. The molecule has 1 fully saturated rings. The van der Waals surface area contributed by atoms with Crippen LogP contribution in [0.3, 0.4) is 0 Å². The van der Waals surface area contributed by atoms with Gasteiger partial charge in [0.2, 0.25) is 0 Å². The number of methoxy groups -OCH3 is 1. The average molecular weight is 292 g/mol. The van der Waals surface area contributed by atoms with Crippen LogP contribution in [-0.2, 0) is 4.74 Å². The van der Waals surface area contributed by atoms with Gasteiger partial charge in [0, 0.05) is 19.1 Å². The lowest BCUT2D eigenvalue weighted by Crippen LogP contribution is -2.32. The minimum absolute atomic E-state index is 0.222. The van der Waals surface area contributed by atoms with Crippen LogP contribution >= 0.6 is 0 Å². The maximum Gasteiger partial charge on any atom is 0.358 e. The van der Waals surface area contributed by atoms with Crippen molar-refractivity contribution in [3.8, 4) is 0 Å². The molecule has 0 aromatic carbocycles. The summed E-state index contributed by atoms with van der Waals surface area (Å²) >= 11 is 0. The quantitative estimate of drug-likeness (QED) is 0.474. The molecule has 0 spiro atoms. The number of nitrogens with zero attached hydrogens (tertiary/aromatic N) is 2. The number of hydrogen-bond donors (Lipinski definition) is 2. The van der Waals surface area contributed by atoms with E-state index in [1.807, 2.05) is 0 Å². The SMILES string of the molecule is COC(=O)c1cncc(NCCNC2CCCCCC2)n1. The van der Waals surface area contributed by atoms with Crippen LogP contribution in [0.5, 0.6) is 0 Å². The highest BCUT2D eigenvalue weighted by molar-refractivity contribution is 5.87. The molecule has 0 unspecified atom stereocenters. The van der Waals surface area contributed by atoms with Crippen LogP contribution in [0.25, 0.3) is 0 Å². The predicted molar refractivity (Wildman–Crippen MR) is 81.4 cm³/mol. The maximum atomic E-state index is 11.4. The minimum Gasteiger partial charge on any atom is -0.464 e. The number of carbonyl (C=O) groups is 1. The van der Waals surface area contributed by atoms with E-state index in [-0.39, 0.29) is 5.69 Å². The van der Waals surface area contributed by atoms with Gasteiger partial charge in [0.05, 0.1) is 19.5 Å². The van der Waals surface area contributed by atoms with Crippen molar-refractivity contribution in [3.63, 3.8) is 0 Å².